The molecule has 0 heterocycles. The van der Waals surface area contributed by atoms with Crippen molar-refractivity contribution in [2.24, 2.45) is 5.73 Å². The summed E-state index contributed by atoms with van der Waals surface area (Å²) in [5.41, 5.74) is 8.04. The average Bonchev–Trinajstić information content (AvgIpc) is 2.29. The lowest BCUT2D eigenvalue weighted by atomic mass is 10.1. The molecule has 1 atom stereocenters. The van der Waals surface area contributed by atoms with Crippen LogP contribution < -0.4 is 5.73 Å². The van der Waals surface area contributed by atoms with Crippen LogP contribution in [0.5, 0.6) is 0 Å². The van der Waals surface area contributed by atoms with E-state index in [-0.39, 0.29) is 6.10 Å². The molecule has 0 radical (unpaired) electrons. The van der Waals surface area contributed by atoms with Crippen LogP contribution in [-0.2, 0) is 17.8 Å². The predicted molar refractivity (Wildman–Crippen MR) is 67.1 cm³/mol. The number of rotatable bonds is 6. The number of nitrogens with zero attached hydrogens (tertiary/aromatic N) is 1. The predicted octanol–water partition coefficient (Wildman–Crippen LogP) is 1.61. The zero-order chi connectivity index (χ0) is 12.0. The molecular weight excluding hydrogens is 200 g/mol. The maximum Gasteiger partial charge on any atom is 0.0670 e. The molecule has 1 rings (SSSR count). The molecule has 0 saturated heterocycles. The first-order valence-electron chi connectivity index (χ1n) is 5.65. The van der Waals surface area contributed by atoms with Gasteiger partial charge in [-0.25, -0.2) is 0 Å². The van der Waals surface area contributed by atoms with Crippen molar-refractivity contribution in [2.45, 2.75) is 26.1 Å². The first kappa shape index (κ1) is 13.2. The quantitative estimate of drug-likeness (QED) is 0.794. The van der Waals surface area contributed by atoms with E-state index in [2.05, 4.69) is 43.1 Å². The molecule has 90 valence electrons. The monoisotopic (exact) mass is 222 g/mol. The van der Waals surface area contributed by atoms with Crippen molar-refractivity contribution in [1.29, 1.82) is 0 Å². The third kappa shape index (κ3) is 4.31. The van der Waals surface area contributed by atoms with Crippen molar-refractivity contribution in [1.82, 2.24) is 4.90 Å². The molecular formula is C13H22N2O. The van der Waals surface area contributed by atoms with Crippen LogP contribution >= 0.6 is 0 Å². The summed E-state index contributed by atoms with van der Waals surface area (Å²) in [5.74, 6) is 0. The molecule has 0 saturated carbocycles. The number of nitrogens with two attached hydrogens (primary N) is 1. The van der Waals surface area contributed by atoms with E-state index in [1.54, 1.807) is 7.11 Å². The van der Waals surface area contributed by atoms with Crippen molar-refractivity contribution in [3.8, 4) is 0 Å². The van der Waals surface area contributed by atoms with Gasteiger partial charge in [-0.1, -0.05) is 24.3 Å². The van der Waals surface area contributed by atoms with E-state index in [0.29, 0.717) is 6.54 Å². The van der Waals surface area contributed by atoms with Gasteiger partial charge in [0.25, 0.3) is 0 Å². The van der Waals surface area contributed by atoms with E-state index in [1.165, 1.54) is 11.1 Å². The van der Waals surface area contributed by atoms with Crippen molar-refractivity contribution in [2.75, 3.05) is 20.7 Å². The molecule has 3 heteroatoms. The molecule has 16 heavy (non-hydrogen) atoms. The van der Waals surface area contributed by atoms with Crippen molar-refractivity contribution >= 4 is 0 Å². The van der Waals surface area contributed by atoms with Crippen molar-refractivity contribution in [3.63, 3.8) is 0 Å². The highest BCUT2D eigenvalue weighted by atomic mass is 16.5. The average molecular weight is 222 g/mol. The second-order valence-electron chi connectivity index (χ2n) is 4.26. The van der Waals surface area contributed by atoms with Gasteiger partial charge in [0.15, 0.2) is 0 Å². The molecule has 1 unspecified atom stereocenters. The summed E-state index contributed by atoms with van der Waals surface area (Å²) in [6, 6.07) is 8.44. The highest BCUT2D eigenvalue weighted by molar-refractivity contribution is 5.22. The van der Waals surface area contributed by atoms with Crippen LogP contribution in [0.15, 0.2) is 24.3 Å². The van der Waals surface area contributed by atoms with Crippen LogP contribution in [0.1, 0.15) is 18.1 Å². The van der Waals surface area contributed by atoms with Gasteiger partial charge in [0, 0.05) is 26.7 Å². The number of benzene rings is 1. The zero-order valence-electron chi connectivity index (χ0n) is 10.4. The first-order valence-corrected chi connectivity index (χ1v) is 5.65. The van der Waals surface area contributed by atoms with Crippen molar-refractivity contribution in [3.05, 3.63) is 35.4 Å². The van der Waals surface area contributed by atoms with Gasteiger partial charge in [0.05, 0.1) is 6.10 Å². The fraction of sp³-hybridized carbons (Fsp3) is 0.538. The Balaban J connectivity index is 2.46. The normalized spacial score (nSPS) is 13.1. The smallest absolute Gasteiger partial charge is 0.0670 e. The van der Waals surface area contributed by atoms with Gasteiger partial charge in [-0.05, 0) is 25.1 Å². The van der Waals surface area contributed by atoms with Gasteiger partial charge < -0.3 is 10.5 Å². The maximum absolute atomic E-state index is 5.56. The summed E-state index contributed by atoms with van der Waals surface area (Å²) in [4.78, 5) is 2.26. The summed E-state index contributed by atoms with van der Waals surface area (Å²) in [6.07, 6.45) is 0.272. The minimum absolute atomic E-state index is 0.272. The van der Waals surface area contributed by atoms with E-state index < -0.39 is 0 Å². The largest absolute Gasteiger partial charge is 0.380 e. The second kappa shape index (κ2) is 6.63. The van der Waals surface area contributed by atoms with E-state index >= 15 is 0 Å². The number of likely N-dealkylation sites (N-methyl/N-ethyl adjacent to an activating group) is 1. The van der Waals surface area contributed by atoms with Crippen LogP contribution in [0.25, 0.3) is 0 Å². The summed E-state index contributed by atoms with van der Waals surface area (Å²) >= 11 is 0. The maximum atomic E-state index is 5.56. The Labute approximate surface area is 98.2 Å². The van der Waals surface area contributed by atoms with E-state index in [4.69, 9.17) is 10.5 Å². The Morgan fingerprint density at radius 1 is 1.25 bits per heavy atom. The highest BCUT2D eigenvalue weighted by Gasteiger charge is 2.05. The fourth-order valence-electron chi connectivity index (χ4n) is 1.67. The standard InChI is InChI=1S/C13H22N2O/c1-11(16-3)9-15(2)10-13-6-4-12(8-14)5-7-13/h4-7,11H,8-10,14H2,1-3H3. The minimum atomic E-state index is 0.272. The number of hydrogen-bond donors (Lipinski definition) is 1. The van der Waals surface area contributed by atoms with E-state index in [1.807, 2.05) is 0 Å². The van der Waals surface area contributed by atoms with E-state index in [0.717, 1.165) is 13.1 Å². The molecule has 0 aromatic heterocycles. The molecule has 0 aliphatic carbocycles. The topological polar surface area (TPSA) is 38.5 Å². The Kier molecular flexibility index (Phi) is 5.46. The highest BCUT2D eigenvalue weighted by Crippen LogP contribution is 2.07. The lowest BCUT2D eigenvalue weighted by Gasteiger charge is -2.20. The molecule has 1 aromatic rings. The molecule has 0 spiro atoms. The number of hydrogen-bond acceptors (Lipinski definition) is 3. The van der Waals surface area contributed by atoms with Crippen LogP contribution in [0, 0.1) is 0 Å². The Morgan fingerprint density at radius 2 is 1.81 bits per heavy atom. The lowest BCUT2D eigenvalue weighted by Crippen LogP contribution is -2.28. The van der Waals surface area contributed by atoms with Crippen molar-refractivity contribution < 1.29 is 4.74 Å². The molecule has 1 aromatic carbocycles. The van der Waals surface area contributed by atoms with Gasteiger partial charge in [0.1, 0.15) is 0 Å². The fourth-order valence-corrected chi connectivity index (χ4v) is 1.67. The van der Waals surface area contributed by atoms with Gasteiger partial charge in [-0.3, -0.25) is 4.90 Å². The number of methoxy groups -OCH3 is 1. The summed E-state index contributed by atoms with van der Waals surface area (Å²) < 4.78 is 5.24. The number of ether oxygens (including phenoxy) is 1. The minimum Gasteiger partial charge on any atom is -0.380 e. The molecule has 0 amide bonds. The van der Waals surface area contributed by atoms with Gasteiger partial charge in [0.2, 0.25) is 0 Å². The Bertz CT molecular complexity index is 297. The summed E-state index contributed by atoms with van der Waals surface area (Å²) in [5, 5.41) is 0. The van der Waals surface area contributed by atoms with Gasteiger partial charge >= 0.3 is 0 Å². The molecule has 0 aliphatic heterocycles. The van der Waals surface area contributed by atoms with Crippen LogP contribution in [-0.4, -0.2) is 31.7 Å². The molecule has 0 bridgehead atoms. The van der Waals surface area contributed by atoms with Gasteiger partial charge in [-0.2, -0.15) is 0 Å². The molecule has 0 fully saturated rings. The summed E-state index contributed by atoms with van der Waals surface area (Å²) in [6.45, 7) is 4.57. The summed E-state index contributed by atoms with van der Waals surface area (Å²) in [7, 11) is 3.85. The Morgan fingerprint density at radius 3 is 2.31 bits per heavy atom. The van der Waals surface area contributed by atoms with E-state index in [9.17, 15) is 0 Å². The zero-order valence-corrected chi connectivity index (χ0v) is 10.4. The Hall–Kier alpha value is -0.900. The lowest BCUT2D eigenvalue weighted by molar-refractivity contribution is 0.0837. The third-order valence-corrected chi connectivity index (χ3v) is 2.68. The molecule has 0 aliphatic rings. The molecule has 3 nitrogen and oxygen atoms in total. The van der Waals surface area contributed by atoms with Crippen LogP contribution in [0.4, 0.5) is 0 Å². The SMILES string of the molecule is COC(C)CN(C)Cc1ccc(CN)cc1. The van der Waals surface area contributed by atoms with Gasteiger partial charge in [-0.15, -0.1) is 0 Å². The second-order valence-corrected chi connectivity index (χ2v) is 4.26. The third-order valence-electron chi connectivity index (χ3n) is 2.68. The molecule has 2 N–H and O–H groups in total. The van der Waals surface area contributed by atoms with Crippen LogP contribution in [0.2, 0.25) is 0 Å². The first-order chi connectivity index (χ1) is 7.65. The van der Waals surface area contributed by atoms with Crippen LogP contribution in [0.3, 0.4) is 0 Å².